The van der Waals surface area contributed by atoms with Gasteiger partial charge in [-0.05, 0) is 81.6 Å². The van der Waals surface area contributed by atoms with Gasteiger partial charge in [0.25, 0.3) is 5.91 Å². The fraction of sp³-hybridized carbons (Fsp3) is 0.286. The fourth-order valence-corrected chi connectivity index (χ4v) is 4.24. The van der Waals surface area contributed by atoms with Gasteiger partial charge in [0.1, 0.15) is 5.15 Å². The van der Waals surface area contributed by atoms with Gasteiger partial charge in [-0.15, -0.1) is 0 Å². The van der Waals surface area contributed by atoms with Crippen molar-refractivity contribution in [3.63, 3.8) is 0 Å². The molecule has 0 saturated heterocycles. The molecule has 186 valence electrons. The smallest absolute Gasteiger partial charge is 0.339 e. The Kier molecular flexibility index (Phi) is 8.73. The molecule has 0 aliphatic carbocycles. The lowest BCUT2D eigenvalue weighted by molar-refractivity contribution is -0.138. The molecular weight excluding hydrogens is 497 g/mol. The van der Waals surface area contributed by atoms with Crippen LogP contribution in [-0.2, 0) is 16.0 Å². The summed E-state index contributed by atoms with van der Waals surface area (Å²) in [6.07, 6.45) is 0.600. The third kappa shape index (κ3) is 7.07. The summed E-state index contributed by atoms with van der Waals surface area (Å²) in [6, 6.07) is 19.6. The lowest BCUT2D eigenvalue weighted by Crippen LogP contribution is -2.50. The molecule has 0 radical (unpaired) electrons. The number of rotatable bonds is 8. The molecule has 2 aromatic carbocycles. The third-order valence-electron chi connectivity index (χ3n) is 5.83. The van der Waals surface area contributed by atoms with Crippen molar-refractivity contribution in [3.05, 3.63) is 98.8 Å². The van der Waals surface area contributed by atoms with Crippen molar-refractivity contribution in [2.75, 3.05) is 0 Å². The Morgan fingerprint density at radius 1 is 1.11 bits per heavy atom. The average molecular weight is 524 g/mol. The van der Waals surface area contributed by atoms with E-state index in [1.807, 2.05) is 49.4 Å². The van der Waals surface area contributed by atoms with E-state index in [2.05, 4.69) is 16.4 Å². The molecule has 1 N–H and O–H groups in total. The zero-order valence-corrected chi connectivity index (χ0v) is 22.0. The molecule has 6 nitrogen and oxygen atoms in total. The number of benzene rings is 2. The SMILES string of the molecule is Cc1cc(C(=O)OC(C)(C)C(=O)N[C@@H](C)[C@@H](Cc2ccc(Cl)cc2)c2cccc(C#N)c2)cc(Cl)n1. The average Bonchev–Trinajstić information content (AvgIpc) is 2.82. The van der Waals surface area contributed by atoms with Crippen LogP contribution in [-0.4, -0.2) is 28.5 Å². The Labute approximate surface area is 221 Å². The predicted octanol–water partition coefficient (Wildman–Crippen LogP) is 6.04. The van der Waals surface area contributed by atoms with Crippen LogP contribution in [0.5, 0.6) is 0 Å². The van der Waals surface area contributed by atoms with Gasteiger partial charge < -0.3 is 10.1 Å². The molecule has 8 heteroatoms. The second-order valence-corrected chi connectivity index (χ2v) is 9.98. The van der Waals surface area contributed by atoms with E-state index in [9.17, 15) is 14.9 Å². The van der Waals surface area contributed by atoms with E-state index in [1.54, 1.807) is 19.1 Å². The Hall–Kier alpha value is -3.40. The van der Waals surface area contributed by atoms with Crippen LogP contribution in [0.3, 0.4) is 0 Å². The summed E-state index contributed by atoms with van der Waals surface area (Å²) in [4.78, 5) is 30.0. The van der Waals surface area contributed by atoms with Gasteiger partial charge in [-0.2, -0.15) is 5.26 Å². The van der Waals surface area contributed by atoms with E-state index in [1.165, 1.54) is 19.9 Å². The molecule has 2 atom stereocenters. The number of pyridine rings is 1. The molecule has 0 unspecified atom stereocenters. The number of aryl methyl sites for hydroxylation is 1. The largest absolute Gasteiger partial charge is 0.446 e. The first-order chi connectivity index (χ1) is 17.0. The van der Waals surface area contributed by atoms with Gasteiger partial charge in [0, 0.05) is 22.7 Å². The van der Waals surface area contributed by atoms with E-state index in [0.29, 0.717) is 22.7 Å². The number of carbonyl (C=O) groups excluding carboxylic acids is 2. The van der Waals surface area contributed by atoms with Gasteiger partial charge in [0.05, 0.1) is 17.2 Å². The zero-order valence-electron chi connectivity index (χ0n) is 20.5. The van der Waals surface area contributed by atoms with Crippen LogP contribution in [0.2, 0.25) is 10.2 Å². The number of halogens is 2. The normalized spacial score (nSPS) is 12.8. The quantitative estimate of drug-likeness (QED) is 0.287. The maximum Gasteiger partial charge on any atom is 0.339 e. The molecule has 1 aromatic heterocycles. The summed E-state index contributed by atoms with van der Waals surface area (Å²) in [5.74, 6) is -1.27. The Morgan fingerprint density at radius 2 is 1.81 bits per heavy atom. The fourth-order valence-electron chi connectivity index (χ4n) is 3.86. The van der Waals surface area contributed by atoms with E-state index >= 15 is 0 Å². The molecule has 0 saturated carbocycles. The summed E-state index contributed by atoms with van der Waals surface area (Å²) in [7, 11) is 0. The number of nitriles is 1. The molecular formula is C28H27Cl2N3O3. The molecule has 1 heterocycles. The highest BCUT2D eigenvalue weighted by Gasteiger charge is 2.35. The van der Waals surface area contributed by atoms with Crippen molar-refractivity contribution < 1.29 is 14.3 Å². The second kappa shape index (κ2) is 11.6. The van der Waals surface area contributed by atoms with Crippen LogP contribution in [0.4, 0.5) is 0 Å². The molecule has 3 aromatic rings. The molecule has 3 rings (SSSR count). The first kappa shape index (κ1) is 27.2. The number of hydrogen-bond donors (Lipinski definition) is 1. The van der Waals surface area contributed by atoms with Crippen molar-refractivity contribution in [1.29, 1.82) is 5.26 Å². The molecule has 36 heavy (non-hydrogen) atoms. The lowest BCUT2D eigenvalue weighted by Gasteiger charge is -2.30. The van der Waals surface area contributed by atoms with Gasteiger partial charge >= 0.3 is 5.97 Å². The van der Waals surface area contributed by atoms with Crippen LogP contribution in [0.1, 0.15) is 59.4 Å². The molecule has 0 aliphatic heterocycles. The Morgan fingerprint density at radius 3 is 2.44 bits per heavy atom. The number of nitrogens with one attached hydrogen (secondary N) is 1. The highest BCUT2D eigenvalue weighted by Crippen LogP contribution is 2.27. The molecule has 0 bridgehead atoms. The number of nitrogens with zero attached hydrogens (tertiary/aromatic N) is 2. The number of hydrogen-bond acceptors (Lipinski definition) is 5. The summed E-state index contributed by atoms with van der Waals surface area (Å²) < 4.78 is 5.55. The van der Waals surface area contributed by atoms with Crippen LogP contribution < -0.4 is 5.32 Å². The van der Waals surface area contributed by atoms with Crippen molar-refractivity contribution in [3.8, 4) is 6.07 Å². The first-order valence-corrected chi connectivity index (χ1v) is 12.2. The highest BCUT2D eigenvalue weighted by atomic mass is 35.5. The van der Waals surface area contributed by atoms with E-state index in [0.717, 1.165) is 11.1 Å². The van der Waals surface area contributed by atoms with Crippen LogP contribution >= 0.6 is 23.2 Å². The van der Waals surface area contributed by atoms with Crippen LogP contribution in [0.15, 0.2) is 60.7 Å². The standard InChI is InChI=1S/C28H27Cl2N3O3/c1-17-12-22(15-25(30)32-17)26(34)36-28(3,4)27(35)33-18(2)24(14-19-8-10-23(29)11-9-19)21-7-5-6-20(13-21)16-31/h5-13,15,18,24H,14H2,1-4H3,(H,33,35)/t18-,24+/m0/s1. The van der Waals surface area contributed by atoms with Crippen LogP contribution in [0.25, 0.3) is 0 Å². The van der Waals surface area contributed by atoms with Crippen molar-refractivity contribution in [2.45, 2.75) is 51.7 Å². The number of esters is 1. The zero-order chi connectivity index (χ0) is 26.5. The van der Waals surface area contributed by atoms with E-state index in [-0.39, 0.29) is 22.7 Å². The number of carbonyl (C=O) groups is 2. The lowest BCUT2D eigenvalue weighted by atomic mass is 9.85. The predicted molar refractivity (Wildman–Crippen MR) is 140 cm³/mol. The minimum absolute atomic E-state index is 0.156. The van der Waals surface area contributed by atoms with E-state index in [4.69, 9.17) is 27.9 Å². The van der Waals surface area contributed by atoms with Gasteiger partial charge in [-0.25, -0.2) is 9.78 Å². The minimum atomic E-state index is -1.45. The summed E-state index contributed by atoms with van der Waals surface area (Å²) in [6.45, 7) is 6.67. The monoisotopic (exact) mass is 523 g/mol. The Balaban J connectivity index is 1.80. The molecule has 1 amide bonds. The molecule has 0 fully saturated rings. The maximum absolute atomic E-state index is 13.2. The first-order valence-electron chi connectivity index (χ1n) is 11.4. The molecule has 0 aliphatic rings. The van der Waals surface area contributed by atoms with Gasteiger partial charge in [0.15, 0.2) is 5.60 Å². The minimum Gasteiger partial charge on any atom is -0.446 e. The third-order valence-corrected chi connectivity index (χ3v) is 6.27. The number of aromatic nitrogens is 1. The number of amides is 1. The summed E-state index contributed by atoms with van der Waals surface area (Å²) >= 11 is 12.0. The Bertz CT molecular complexity index is 1280. The van der Waals surface area contributed by atoms with Crippen molar-refractivity contribution in [2.24, 2.45) is 0 Å². The van der Waals surface area contributed by atoms with Gasteiger partial charge in [-0.1, -0.05) is 47.5 Å². The summed E-state index contributed by atoms with van der Waals surface area (Å²) in [5.41, 5.74) is 1.81. The molecule has 0 spiro atoms. The van der Waals surface area contributed by atoms with Crippen molar-refractivity contribution >= 4 is 35.1 Å². The topological polar surface area (TPSA) is 92.1 Å². The highest BCUT2D eigenvalue weighted by molar-refractivity contribution is 6.30. The maximum atomic E-state index is 13.2. The van der Waals surface area contributed by atoms with Crippen molar-refractivity contribution in [1.82, 2.24) is 10.3 Å². The van der Waals surface area contributed by atoms with Crippen LogP contribution in [0, 0.1) is 18.3 Å². The number of ether oxygens (including phenoxy) is 1. The van der Waals surface area contributed by atoms with Gasteiger partial charge in [-0.3, -0.25) is 4.79 Å². The van der Waals surface area contributed by atoms with Gasteiger partial charge in [0.2, 0.25) is 0 Å². The summed E-state index contributed by atoms with van der Waals surface area (Å²) in [5, 5.41) is 13.2. The van der Waals surface area contributed by atoms with E-state index < -0.39 is 17.5 Å². The second-order valence-electron chi connectivity index (χ2n) is 9.16.